The third-order valence-corrected chi connectivity index (χ3v) is 5.94. The number of aromatic amines is 1. The largest absolute Gasteiger partial charge is 0.412 e. The fourth-order valence-corrected chi connectivity index (χ4v) is 4.20. The lowest BCUT2D eigenvalue weighted by Gasteiger charge is -2.31. The van der Waals surface area contributed by atoms with Crippen molar-refractivity contribution in [2.75, 3.05) is 19.6 Å². The highest BCUT2D eigenvalue weighted by molar-refractivity contribution is 7.71. The minimum atomic E-state index is -0.335. The van der Waals surface area contributed by atoms with Gasteiger partial charge >= 0.3 is 0 Å². The molecule has 0 amide bonds. The lowest BCUT2D eigenvalue weighted by Crippen LogP contribution is -2.39. The van der Waals surface area contributed by atoms with E-state index in [-0.39, 0.29) is 41.0 Å². The minimum absolute atomic E-state index is 0. The van der Waals surface area contributed by atoms with Crippen molar-refractivity contribution in [1.29, 1.82) is 0 Å². The maximum atomic E-state index is 13.1. The molecule has 9 heteroatoms. The lowest BCUT2D eigenvalue weighted by molar-refractivity contribution is 0.0837. The summed E-state index contributed by atoms with van der Waals surface area (Å²) in [5.74, 6) is -0.292. The monoisotopic (exact) mass is 465 g/mol. The van der Waals surface area contributed by atoms with Gasteiger partial charge in [-0.15, -0.1) is 12.4 Å². The number of nitrogens with zero attached hydrogens (tertiary/aromatic N) is 2. The van der Waals surface area contributed by atoms with Crippen LogP contribution in [0.1, 0.15) is 23.2 Å². The first-order valence-electron chi connectivity index (χ1n) is 9.77. The molecule has 31 heavy (non-hydrogen) atoms. The standard InChI is InChI=1S/C22H22FN3O2S.ClH.H2O/c23-17-7-5-15(6-8-17)20(27)16-9-11-25(12-10-16)13-14-26-21(28)18-3-1-2-4-19(18)24-22(26)29;;/h1-8,16H,9-14H2,(H,24,29);1H;1H2. The van der Waals surface area contributed by atoms with Gasteiger partial charge in [0.1, 0.15) is 5.82 Å². The van der Waals surface area contributed by atoms with Gasteiger partial charge in [-0.25, -0.2) is 4.39 Å². The average molecular weight is 466 g/mol. The minimum Gasteiger partial charge on any atom is -0.412 e. The van der Waals surface area contributed by atoms with Crippen molar-refractivity contribution < 1.29 is 14.7 Å². The molecule has 1 saturated heterocycles. The summed E-state index contributed by atoms with van der Waals surface area (Å²) in [6.45, 7) is 2.79. The summed E-state index contributed by atoms with van der Waals surface area (Å²) in [5.41, 5.74) is 1.24. The molecular formula is C22H25ClFN3O3S. The first-order chi connectivity index (χ1) is 14.0. The molecule has 0 bridgehead atoms. The molecule has 1 fully saturated rings. The van der Waals surface area contributed by atoms with Gasteiger partial charge in [-0.2, -0.15) is 0 Å². The van der Waals surface area contributed by atoms with Gasteiger partial charge in [0, 0.05) is 24.6 Å². The Bertz CT molecular complexity index is 1160. The highest BCUT2D eigenvalue weighted by Gasteiger charge is 2.25. The van der Waals surface area contributed by atoms with E-state index >= 15 is 0 Å². The van der Waals surface area contributed by atoms with Crippen LogP contribution in [-0.2, 0) is 6.54 Å². The van der Waals surface area contributed by atoms with E-state index in [0.29, 0.717) is 28.8 Å². The van der Waals surface area contributed by atoms with Gasteiger partial charge in [-0.3, -0.25) is 14.2 Å². The zero-order valence-electron chi connectivity index (χ0n) is 16.8. The number of carbonyl (C=O) groups excluding carboxylic acids is 1. The van der Waals surface area contributed by atoms with E-state index in [9.17, 15) is 14.0 Å². The second-order valence-corrected chi connectivity index (χ2v) is 7.81. The second-order valence-electron chi connectivity index (χ2n) is 7.42. The number of benzene rings is 2. The molecule has 2 heterocycles. The number of fused-ring (bicyclic) bond motifs is 1. The first-order valence-corrected chi connectivity index (χ1v) is 10.2. The van der Waals surface area contributed by atoms with Crippen LogP contribution < -0.4 is 5.56 Å². The number of rotatable bonds is 5. The Kier molecular flexibility index (Phi) is 8.64. The number of ketones is 1. The molecule has 0 saturated carbocycles. The number of para-hydroxylation sites is 1. The van der Waals surface area contributed by atoms with Crippen molar-refractivity contribution in [2.45, 2.75) is 19.4 Å². The molecule has 0 spiro atoms. The average Bonchev–Trinajstić information content (AvgIpc) is 2.74. The summed E-state index contributed by atoms with van der Waals surface area (Å²) in [4.78, 5) is 30.7. The first kappa shape index (κ1) is 24.9. The van der Waals surface area contributed by atoms with E-state index in [1.54, 1.807) is 22.8 Å². The maximum absolute atomic E-state index is 13.1. The van der Waals surface area contributed by atoms with Gasteiger partial charge in [-0.05, 0) is 74.5 Å². The summed E-state index contributed by atoms with van der Waals surface area (Å²) in [5, 5.41) is 0.629. The lowest BCUT2D eigenvalue weighted by atomic mass is 9.89. The van der Waals surface area contributed by atoms with Crippen LogP contribution in [0.25, 0.3) is 10.9 Å². The Morgan fingerprint density at radius 2 is 1.71 bits per heavy atom. The van der Waals surface area contributed by atoms with E-state index in [1.807, 2.05) is 18.2 Å². The molecular weight excluding hydrogens is 441 g/mol. The molecule has 1 aromatic heterocycles. The second kappa shape index (κ2) is 10.8. The highest BCUT2D eigenvalue weighted by atomic mass is 35.5. The quantitative estimate of drug-likeness (QED) is 0.462. The van der Waals surface area contributed by atoms with Gasteiger partial charge in [0.2, 0.25) is 0 Å². The van der Waals surface area contributed by atoms with Crippen LogP contribution in [0.2, 0.25) is 0 Å². The van der Waals surface area contributed by atoms with Crippen molar-refractivity contribution in [3.63, 3.8) is 0 Å². The van der Waals surface area contributed by atoms with Crippen LogP contribution in [0, 0.1) is 16.5 Å². The van der Waals surface area contributed by atoms with Gasteiger partial charge in [0.15, 0.2) is 10.6 Å². The van der Waals surface area contributed by atoms with Crippen LogP contribution in [0.5, 0.6) is 0 Å². The van der Waals surface area contributed by atoms with Crippen molar-refractivity contribution in [3.05, 3.63) is 75.0 Å². The number of hydrogen-bond donors (Lipinski definition) is 1. The van der Waals surface area contributed by atoms with E-state index in [4.69, 9.17) is 12.2 Å². The number of Topliss-reactive ketones (excluding diaryl/α,β-unsaturated/α-hetero) is 1. The molecule has 1 aliphatic heterocycles. The molecule has 1 aliphatic rings. The van der Waals surface area contributed by atoms with Crippen LogP contribution in [-0.4, -0.2) is 45.3 Å². The third-order valence-electron chi connectivity index (χ3n) is 5.62. The van der Waals surface area contributed by atoms with Crippen LogP contribution in [0.3, 0.4) is 0 Å². The number of likely N-dealkylation sites (tertiary alicyclic amines) is 1. The Hall–Kier alpha value is -2.39. The summed E-state index contributed by atoms with van der Waals surface area (Å²) >= 11 is 5.37. The van der Waals surface area contributed by atoms with E-state index in [2.05, 4.69) is 9.88 Å². The van der Waals surface area contributed by atoms with Crippen molar-refractivity contribution in [1.82, 2.24) is 14.5 Å². The Labute approximate surface area is 190 Å². The number of H-pyrrole nitrogens is 1. The zero-order chi connectivity index (χ0) is 20.4. The van der Waals surface area contributed by atoms with Crippen molar-refractivity contribution >= 4 is 41.3 Å². The Morgan fingerprint density at radius 3 is 2.39 bits per heavy atom. The number of nitrogens with one attached hydrogen (secondary N) is 1. The summed E-state index contributed by atoms with van der Waals surface area (Å²) in [6, 6.07) is 13.1. The smallest absolute Gasteiger partial charge is 0.262 e. The van der Waals surface area contributed by atoms with Crippen LogP contribution >= 0.6 is 24.6 Å². The number of halogens is 2. The molecule has 166 valence electrons. The number of carbonyl (C=O) groups is 1. The molecule has 0 atom stereocenters. The van der Waals surface area contributed by atoms with E-state index in [1.165, 1.54) is 12.1 Å². The maximum Gasteiger partial charge on any atom is 0.262 e. The van der Waals surface area contributed by atoms with Gasteiger partial charge < -0.3 is 15.4 Å². The third kappa shape index (κ3) is 5.46. The van der Waals surface area contributed by atoms with Gasteiger partial charge in [0.05, 0.1) is 10.9 Å². The van der Waals surface area contributed by atoms with E-state index < -0.39 is 0 Å². The topological polar surface area (TPSA) is 89.6 Å². The predicted molar refractivity (Wildman–Crippen MR) is 124 cm³/mol. The molecule has 6 nitrogen and oxygen atoms in total. The summed E-state index contributed by atoms with van der Waals surface area (Å²) in [7, 11) is 0. The summed E-state index contributed by atoms with van der Waals surface area (Å²) < 4.78 is 15.1. The number of hydrogen-bond acceptors (Lipinski definition) is 4. The molecule has 0 aliphatic carbocycles. The molecule has 3 N–H and O–H groups in total. The normalized spacial score (nSPS) is 14.6. The number of piperidine rings is 1. The predicted octanol–water partition coefficient (Wildman–Crippen LogP) is 3.39. The van der Waals surface area contributed by atoms with Crippen LogP contribution in [0.15, 0.2) is 53.3 Å². The molecule has 0 radical (unpaired) electrons. The number of aromatic nitrogens is 2. The van der Waals surface area contributed by atoms with Gasteiger partial charge in [0.25, 0.3) is 5.56 Å². The molecule has 3 aromatic rings. The molecule has 2 aromatic carbocycles. The molecule has 4 rings (SSSR count). The van der Waals surface area contributed by atoms with Gasteiger partial charge in [-0.1, -0.05) is 12.1 Å². The molecule has 0 unspecified atom stereocenters. The highest BCUT2D eigenvalue weighted by Crippen LogP contribution is 2.22. The van der Waals surface area contributed by atoms with Crippen molar-refractivity contribution in [3.8, 4) is 0 Å². The zero-order valence-corrected chi connectivity index (χ0v) is 18.5. The summed E-state index contributed by atoms with van der Waals surface area (Å²) in [6.07, 6.45) is 1.52. The Balaban J connectivity index is 0.00000171. The van der Waals surface area contributed by atoms with Crippen molar-refractivity contribution in [2.24, 2.45) is 5.92 Å². The SMILES string of the molecule is Cl.O.O=C(c1ccc(F)cc1)C1CCN(CCn2c(=S)[nH]c3ccccc3c2=O)CC1. The van der Waals surface area contributed by atoms with E-state index in [0.717, 1.165) is 31.4 Å². The van der Waals surface area contributed by atoms with Crippen LogP contribution in [0.4, 0.5) is 4.39 Å². The fourth-order valence-electron chi connectivity index (χ4n) is 3.91. The Morgan fingerprint density at radius 1 is 1.06 bits per heavy atom. The fraction of sp³-hybridized carbons (Fsp3) is 0.318.